The molecular weight excluding hydrogens is 339 g/mol. The van der Waals surface area contributed by atoms with Crippen LogP contribution in [0.15, 0.2) is 46.2 Å². The van der Waals surface area contributed by atoms with Crippen LogP contribution in [0.4, 0.5) is 22.0 Å². The van der Waals surface area contributed by atoms with E-state index >= 15 is 0 Å². The van der Waals surface area contributed by atoms with Crippen LogP contribution in [0.1, 0.15) is 11.6 Å². The second kappa shape index (κ2) is 6.71. The maximum atomic E-state index is 13.3. The molecule has 1 aromatic heterocycles. The molecular formula is C14H11F5N2OS. The number of nitrogens with zero attached hydrogens (tertiary/aromatic N) is 1. The van der Waals surface area contributed by atoms with E-state index in [-0.39, 0.29) is 10.5 Å². The molecule has 2 aromatic rings. The molecule has 1 heterocycles. The molecule has 0 aliphatic heterocycles. The van der Waals surface area contributed by atoms with Crippen LogP contribution in [0.25, 0.3) is 0 Å². The Morgan fingerprint density at radius 2 is 1.78 bits per heavy atom. The molecule has 3 nitrogen and oxygen atoms in total. The fraction of sp³-hybridized carbons (Fsp3) is 0.214. The summed E-state index contributed by atoms with van der Waals surface area (Å²) >= 11 is 0.528. The SMILES string of the molecule is Cn1cc(SNC(c2ccc(F)cc2)C(F)(F)F)cc(F)c1=O. The van der Waals surface area contributed by atoms with Crippen LogP contribution >= 0.6 is 11.9 Å². The highest BCUT2D eigenvalue weighted by Gasteiger charge is 2.40. The van der Waals surface area contributed by atoms with Crippen LogP contribution in [-0.2, 0) is 7.05 Å². The van der Waals surface area contributed by atoms with Crippen LogP contribution in [-0.4, -0.2) is 10.7 Å². The zero-order chi connectivity index (χ0) is 17.2. The van der Waals surface area contributed by atoms with Gasteiger partial charge >= 0.3 is 6.18 Å². The van der Waals surface area contributed by atoms with Gasteiger partial charge in [-0.1, -0.05) is 12.1 Å². The summed E-state index contributed by atoms with van der Waals surface area (Å²) in [4.78, 5) is 11.3. The fourth-order valence-corrected chi connectivity index (χ4v) is 2.70. The summed E-state index contributed by atoms with van der Waals surface area (Å²) in [5.41, 5.74) is -1.06. The number of aryl methyl sites for hydroxylation is 1. The van der Waals surface area contributed by atoms with Crippen molar-refractivity contribution in [2.75, 3.05) is 0 Å². The van der Waals surface area contributed by atoms with Gasteiger partial charge in [-0.05, 0) is 35.7 Å². The van der Waals surface area contributed by atoms with E-state index < -0.39 is 29.4 Å². The van der Waals surface area contributed by atoms with Gasteiger partial charge in [0, 0.05) is 18.1 Å². The summed E-state index contributed by atoms with van der Waals surface area (Å²) in [5.74, 6) is -1.72. The molecule has 0 saturated heterocycles. The minimum Gasteiger partial charge on any atom is -0.315 e. The van der Waals surface area contributed by atoms with Gasteiger partial charge in [0.2, 0.25) is 0 Å². The molecule has 0 fully saturated rings. The van der Waals surface area contributed by atoms with Gasteiger partial charge in [-0.25, -0.2) is 13.5 Å². The van der Waals surface area contributed by atoms with Crippen molar-refractivity contribution in [1.29, 1.82) is 0 Å². The maximum Gasteiger partial charge on any atom is 0.408 e. The van der Waals surface area contributed by atoms with Crippen molar-refractivity contribution in [3.63, 3.8) is 0 Å². The summed E-state index contributed by atoms with van der Waals surface area (Å²) in [5, 5.41) is 0. The lowest BCUT2D eigenvalue weighted by molar-refractivity contribution is -0.152. The van der Waals surface area contributed by atoms with E-state index in [0.717, 1.165) is 34.9 Å². The predicted octanol–water partition coefficient (Wildman–Crippen LogP) is 3.56. The minimum absolute atomic E-state index is 0.0981. The monoisotopic (exact) mass is 350 g/mol. The Hall–Kier alpha value is -1.87. The number of alkyl halides is 3. The number of hydrogen-bond donors (Lipinski definition) is 1. The van der Waals surface area contributed by atoms with Crippen molar-refractivity contribution < 1.29 is 22.0 Å². The second-order valence-electron chi connectivity index (χ2n) is 4.69. The van der Waals surface area contributed by atoms with Crippen LogP contribution in [0.3, 0.4) is 0 Å². The highest BCUT2D eigenvalue weighted by Crippen LogP contribution is 2.35. The van der Waals surface area contributed by atoms with Gasteiger partial charge in [0.1, 0.15) is 11.9 Å². The molecule has 23 heavy (non-hydrogen) atoms. The molecule has 1 atom stereocenters. The number of halogens is 5. The van der Waals surface area contributed by atoms with Gasteiger partial charge in [0.15, 0.2) is 5.82 Å². The molecule has 2 rings (SSSR count). The molecule has 0 aliphatic carbocycles. The lowest BCUT2D eigenvalue weighted by Crippen LogP contribution is -2.30. The van der Waals surface area contributed by atoms with Crippen LogP contribution in [0, 0.1) is 11.6 Å². The largest absolute Gasteiger partial charge is 0.408 e. The summed E-state index contributed by atoms with van der Waals surface area (Å²) in [7, 11) is 1.29. The number of benzene rings is 1. The van der Waals surface area contributed by atoms with Crippen molar-refractivity contribution in [2.24, 2.45) is 7.05 Å². The van der Waals surface area contributed by atoms with Crippen molar-refractivity contribution >= 4 is 11.9 Å². The van der Waals surface area contributed by atoms with Crippen molar-refractivity contribution in [2.45, 2.75) is 17.1 Å². The van der Waals surface area contributed by atoms with Gasteiger partial charge < -0.3 is 4.57 Å². The Kier molecular flexibility index (Phi) is 5.10. The Morgan fingerprint density at radius 1 is 1.17 bits per heavy atom. The Labute approximate surface area is 132 Å². The molecule has 0 bridgehead atoms. The predicted molar refractivity (Wildman–Crippen MR) is 75.8 cm³/mol. The zero-order valence-electron chi connectivity index (χ0n) is 11.7. The van der Waals surface area contributed by atoms with E-state index in [1.54, 1.807) is 0 Å². The first-order chi connectivity index (χ1) is 10.7. The van der Waals surface area contributed by atoms with Crippen LogP contribution in [0.2, 0.25) is 0 Å². The summed E-state index contributed by atoms with van der Waals surface area (Å²) in [6.07, 6.45) is -3.43. The molecule has 0 saturated carbocycles. The molecule has 124 valence electrons. The average molecular weight is 350 g/mol. The first-order valence-corrected chi connectivity index (χ1v) is 7.11. The van der Waals surface area contributed by atoms with Gasteiger partial charge in [-0.15, -0.1) is 0 Å². The lowest BCUT2D eigenvalue weighted by atomic mass is 10.1. The highest BCUT2D eigenvalue weighted by atomic mass is 32.2. The van der Waals surface area contributed by atoms with Gasteiger partial charge in [-0.3, -0.25) is 4.79 Å². The summed E-state index contributed by atoms with van der Waals surface area (Å²) < 4.78 is 68.7. The topological polar surface area (TPSA) is 34.0 Å². The smallest absolute Gasteiger partial charge is 0.315 e. The van der Waals surface area contributed by atoms with Crippen molar-refractivity contribution in [1.82, 2.24) is 9.29 Å². The molecule has 1 unspecified atom stereocenters. The normalized spacial score (nSPS) is 13.1. The molecule has 0 amide bonds. The van der Waals surface area contributed by atoms with E-state index in [0.29, 0.717) is 11.9 Å². The van der Waals surface area contributed by atoms with Gasteiger partial charge in [0.25, 0.3) is 5.56 Å². The van der Waals surface area contributed by atoms with Gasteiger partial charge in [0.05, 0.1) is 0 Å². The number of rotatable bonds is 4. The fourth-order valence-electron chi connectivity index (χ4n) is 1.80. The van der Waals surface area contributed by atoms with Crippen LogP contribution in [0.5, 0.6) is 0 Å². The number of nitrogens with one attached hydrogen (secondary N) is 1. The third kappa shape index (κ3) is 4.32. The van der Waals surface area contributed by atoms with E-state index in [1.807, 2.05) is 0 Å². The Balaban J connectivity index is 2.23. The second-order valence-corrected chi connectivity index (χ2v) is 5.60. The Morgan fingerprint density at radius 3 is 2.30 bits per heavy atom. The molecule has 9 heteroatoms. The van der Waals surface area contributed by atoms with E-state index in [4.69, 9.17) is 0 Å². The first kappa shape index (κ1) is 17.5. The zero-order valence-corrected chi connectivity index (χ0v) is 12.5. The average Bonchev–Trinajstić information content (AvgIpc) is 2.45. The Bertz CT molecular complexity index is 716. The van der Waals surface area contributed by atoms with Crippen molar-refractivity contribution in [3.05, 3.63) is 64.1 Å². The third-order valence-electron chi connectivity index (χ3n) is 2.94. The first-order valence-electron chi connectivity index (χ1n) is 6.29. The maximum absolute atomic E-state index is 13.3. The summed E-state index contributed by atoms with van der Waals surface area (Å²) in [6.45, 7) is 0. The highest BCUT2D eigenvalue weighted by molar-refractivity contribution is 7.97. The molecule has 0 spiro atoms. The van der Waals surface area contributed by atoms with Crippen LogP contribution < -0.4 is 10.3 Å². The van der Waals surface area contributed by atoms with E-state index in [9.17, 15) is 26.7 Å². The quantitative estimate of drug-likeness (QED) is 0.676. The number of aromatic nitrogens is 1. The minimum atomic E-state index is -4.63. The van der Waals surface area contributed by atoms with E-state index in [1.165, 1.54) is 13.2 Å². The molecule has 0 aliphatic rings. The lowest BCUT2D eigenvalue weighted by Gasteiger charge is -2.21. The number of hydrogen-bond acceptors (Lipinski definition) is 3. The molecule has 1 aromatic carbocycles. The standard InChI is InChI=1S/C14H11F5N2OS/c1-21-7-10(6-11(16)13(21)22)23-20-12(14(17,18)19)8-2-4-9(15)5-3-8/h2-7,12,20H,1H3. The third-order valence-corrected chi connectivity index (χ3v) is 3.75. The molecule has 1 N–H and O–H groups in total. The van der Waals surface area contributed by atoms with E-state index in [2.05, 4.69) is 4.72 Å². The summed E-state index contributed by atoms with van der Waals surface area (Å²) in [6, 6.07) is 2.65. The number of pyridine rings is 1. The van der Waals surface area contributed by atoms with Gasteiger partial charge in [-0.2, -0.15) is 13.2 Å². The molecule has 0 radical (unpaired) electrons. The van der Waals surface area contributed by atoms with Crippen molar-refractivity contribution in [3.8, 4) is 0 Å².